The fourth-order valence-electron chi connectivity index (χ4n) is 4.05. The number of aryl methyl sites for hydroxylation is 1. The highest BCUT2D eigenvalue weighted by molar-refractivity contribution is 6.30. The molecule has 0 atom stereocenters. The van der Waals surface area contributed by atoms with Crippen molar-refractivity contribution < 1.29 is 17.9 Å². The lowest BCUT2D eigenvalue weighted by molar-refractivity contribution is -0.274. The summed E-state index contributed by atoms with van der Waals surface area (Å²) in [6.45, 7) is 0. The molecule has 0 saturated heterocycles. The number of halogens is 4. The average Bonchev–Trinajstić information content (AvgIpc) is 3.09. The molecule has 6 nitrogen and oxygen atoms in total. The lowest BCUT2D eigenvalue weighted by Crippen LogP contribution is -2.24. The van der Waals surface area contributed by atoms with Crippen molar-refractivity contribution in [2.45, 2.75) is 6.36 Å². The van der Waals surface area contributed by atoms with Crippen molar-refractivity contribution in [3.8, 4) is 28.6 Å². The first-order chi connectivity index (χ1) is 16.7. The summed E-state index contributed by atoms with van der Waals surface area (Å²) in [5, 5.41) is 19.3. The number of fused-ring (bicyclic) bond motifs is 3. The average molecular weight is 494 g/mol. The van der Waals surface area contributed by atoms with E-state index in [2.05, 4.69) is 9.72 Å². The third kappa shape index (κ3) is 3.98. The van der Waals surface area contributed by atoms with Crippen LogP contribution in [0.1, 0.15) is 5.56 Å². The van der Waals surface area contributed by atoms with Gasteiger partial charge < -0.3 is 9.30 Å². The van der Waals surface area contributed by atoms with Crippen LogP contribution in [-0.4, -0.2) is 20.5 Å². The van der Waals surface area contributed by atoms with Crippen molar-refractivity contribution >= 4 is 33.5 Å². The molecule has 2 heterocycles. The second-order valence-corrected chi connectivity index (χ2v) is 8.23. The van der Waals surface area contributed by atoms with Gasteiger partial charge in [0.05, 0.1) is 40.1 Å². The number of alkyl halides is 3. The number of hydrogen-bond acceptors (Lipinski definition) is 4. The van der Waals surface area contributed by atoms with Crippen LogP contribution in [0.15, 0.2) is 66.9 Å². The predicted octanol–water partition coefficient (Wildman–Crippen LogP) is 6.09. The number of nitrogens with one attached hydrogen (secondary N) is 1. The van der Waals surface area contributed by atoms with Gasteiger partial charge in [-0.3, -0.25) is 15.0 Å². The third-order valence-electron chi connectivity index (χ3n) is 5.67. The smallest absolute Gasteiger partial charge is 0.404 e. The molecule has 0 fully saturated rings. The van der Waals surface area contributed by atoms with Gasteiger partial charge in [-0.2, -0.15) is 5.26 Å². The van der Waals surface area contributed by atoms with Crippen LogP contribution in [0, 0.1) is 16.7 Å². The number of hydrogen-bond donors (Lipinski definition) is 1. The summed E-state index contributed by atoms with van der Waals surface area (Å²) in [6.07, 6.45) is -3.39. The molecule has 1 N–H and O–H groups in total. The number of imidazole rings is 1. The number of rotatable bonds is 3. The van der Waals surface area contributed by atoms with Gasteiger partial charge in [0.15, 0.2) is 5.75 Å². The lowest BCUT2D eigenvalue weighted by atomic mass is 10.0. The zero-order valence-electron chi connectivity index (χ0n) is 18.1. The van der Waals surface area contributed by atoms with E-state index in [0.29, 0.717) is 27.0 Å². The van der Waals surface area contributed by atoms with Gasteiger partial charge in [-0.15, -0.1) is 13.2 Å². The van der Waals surface area contributed by atoms with E-state index >= 15 is 0 Å². The lowest BCUT2D eigenvalue weighted by Gasteiger charge is -2.15. The summed E-state index contributed by atoms with van der Waals surface area (Å²) >= 11 is 6.01. The fraction of sp³-hybridized carbons (Fsp3) is 0.0800. The Balaban J connectivity index is 1.87. The molecular formula is C25H15ClF3N5O. The van der Waals surface area contributed by atoms with Crippen LogP contribution in [0.25, 0.3) is 38.8 Å². The number of pyridine rings is 1. The molecule has 0 saturated carbocycles. The molecule has 2 aromatic heterocycles. The Morgan fingerprint density at radius 1 is 1.03 bits per heavy atom. The third-order valence-corrected chi connectivity index (χ3v) is 5.92. The summed E-state index contributed by atoms with van der Waals surface area (Å²) in [5.41, 5.74) is 3.21. The SMILES string of the molecule is Cn1c(=N)n(-c2cc(C#N)ccc2OC(F)(F)F)c2c3cc(-c4ccc(Cl)cc4)ccc3ncc21. The van der Waals surface area contributed by atoms with Crippen molar-refractivity contribution in [1.82, 2.24) is 14.1 Å². The zero-order valence-corrected chi connectivity index (χ0v) is 18.8. The second-order valence-electron chi connectivity index (χ2n) is 7.79. The van der Waals surface area contributed by atoms with Gasteiger partial charge in [-0.25, -0.2) is 0 Å². The van der Waals surface area contributed by atoms with E-state index in [1.807, 2.05) is 30.3 Å². The molecule has 5 rings (SSSR count). The first kappa shape index (κ1) is 22.5. The van der Waals surface area contributed by atoms with Crippen molar-refractivity contribution in [2.75, 3.05) is 0 Å². The van der Waals surface area contributed by atoms with Gasteiger partial charge in [-0.1, -0.05) is 29.8 Å². The van der Waals surface area contributed by atoms with Crippen molar-refractivity contribution in [1.29, 1.82) is 10.7 Å². The highest BCUT2D eigenvalue weighted by Gasteiger charge is 2.33. The van der Waals surface area contributed by atoms with Gasteiger partial charge in [0.2, 0.25) is 5.62 Å². The summed E-state index contributed by atoms with van der Waals surface area (Å²) in [5.74, 6) is -0.527. The number of nitrogens with zero attached hydrogens (tertiary/aromatic N) is 4. The first-order valence-electron chi connectivity index (χ1n) is 10.3. The van der Waals surface area contributed by atoms with Gasteiger partial charge in [-0.05, 0) is 53.6 Å². The van der Waals surface area contributed by atoms with E-state index in [1.165, 1.54) is 21.3 Å². The molecule has 35 heavy (non-hydrogen) atoms. The molecule has 0 amide bonds. The molecular weight excluding hydrogens is 479 g/mol. The van der Waals surface area contributed by atoms with Gasteiger partial charge in [0.1, 0.15) is 0 Å². The summed E-state index contributed by atoms with van der Waals surface area (Å²) in [6, 6.07) is 18.3. The van der Waals surface area contributed by atoms with E-state index in [1.54, 1.807) is 31.4 Å². The van der Waals surface area contributed by atoms with E-state index in [0.717, 1.165) is 17.2 Å². The van der Waals surface area contributed by atoms with E-state index < -0.39 is 12.1 Å². The summed E-state index contributed by atoms with van der Waals surface area (Å²) in [7, 11) is 1.62. The minimum atomic E-state index is -4.96. The van der Waals surface area contributed by atoms with Crippen molar-refractivity contribution in [3.63, 3.8) is 0 Å². The molecule has 0 radical (unpaired) electrons. The van der Waals surface area contributed by atoms with Crippen LogP contribution in [0.2, 0.25) is 5.02 Å². The molecule has 0 aliphatic heterocycles. The maximum absolute atomic E-state index is 13.2. The number of ether oxygens (including phenoxy) is 1. The Morgan fingerprint density at radius 2 is 1.74 bits per heavy atom. The van der Waals surface area contributed by atoms with Crippen LogP contribution >= 0.6 is 11.6 Å². The Kier molecular flexibility index (Phi) is 5.26. The number of nitriles is 1. The largest absolute Gasteiger partial charge is 0.573 e. The quantitative estimate of drug-likeness (QED) is 0.330. The van der Waals surface area contributed by atoms with Gasteiger partial charge >= 0.3 is 6.36 Å². The normalized spacial score (nSPS) is 11.7. The van der Waals surface area contributed by atoms with Crippen LogP contribution in [0.3, 0.4) is 0 Å². The fourth-order valence-corrected chi connectivity index (χ4v) is 4.17. The minimum Gasteiger partial charge on any atom is -0.404 e. The molecule has 0 unspecified atom stereocenters. The maximum Gasteiger partial charge on any atom is 0.573 e. The van der Waals surface area contributed by atoms with E-state index in [9.17, 15) is 18.4 Å². The molecule has 3 aromatic carbocycles. The Labute approximate surface area is 201 Å². The maximum atomic E-state index is 13.2. The highest BCUT2D eigenvalue weighted by atomic mass is 35.5. The molecule has 0 aliphatic rings. The van der Waals surface area contributed by atoms with Crippen molar-refractivity contribution in [3.05, 3.63) is 83.1 Å². The second kappa shape index (κ2) is 8.18. The first-order valence-corrected chi connectivity index (χ1v) is 10.6. The molecule has 0 aliphatic carbocycles. The summed E-state index contributed by atoms with van der Waals surface area (Å²) in [4.78, 5) is 4.48. The summed E-state index contributed by atoms with van der Waals surface area (Å²) < 4.78 is 46.7. The predicted molar refractivity (Wildman–Crippen MR) is 125 cm³/mol. The highest BCUT2D eigenvalue weighted by Crippen LogP contribution is 2.34. The van der Waals surface area contributed by atoms with Crippen LogP contribution < -0.4 is 10.4 Å². The van der Waals surface area contributed by atoms with E-state index in [4.69, 9.17) is 17.0 Å². The Morgan fingerprint density at radius 3 is 2.43 bits per heavy atom. The molecule has 0 spiro atoms. The molecule has 0 bridgehead atoms. The van der Waals surface area contributed by atoms with Gasteiger partial charge in [0.25, 0.3) is 0 Å². The monoisotopic (exact) mass is 493 g/mol. The Hall–Kier alpha value is -4.29. The molecule has 174 valence electrons. The standard InChI is InChI=1S/C25H15ClF3N5O/c1-33-21-13-32-19-8-5-16(15-3-6-17(26)7-4-15)11-18(19)23(21)34(24(33)31)20-10-14(12-30)2-9-22(20)35-25(27,28)29/h2-11,13,31H,1H3. The number of benzene rings is 3. The van der Waals surface area contributed by atoms with Crippen LogP contribution in [0.4, 0.5) is 13.2 Å². The number of aromatic nitrogens is 3. The van der Waals surface area contributed by atoms with Crippen molar-refractivity contribution in [2.24, 2.45) is 7.05 Å². The van der Waals surface area contributed by atoms with Gasteiger partial charge in [0, 0.05) is 17.5 Å². The minimum absolute atomic E-state index is 0.0821. The molecule has 10 heteroatoms. The zero-order chi connectivity index (χ0) is 24.9. The van der Waals surface area contributed by atoms with E-state index in [-0.39, 0.29) is 16.9 Å². The van der Waals surface area contributed by atoms with Crippen LogP contribution in [0.5, 0.6) is 5.75 Å². The van der Waals surface area contributed by atoms with Crippen LogP contribution in [-0.2, 0) is 7.05 Å². The Bertz CT molecular complexity index is 1710. The molecule has 5 aromatic rings. The topological polar surface area (TPSA) is 79.6 Å².